The van der Waals surface area contributed by atoms with E-state index < -0.39 is 9.05 Å². The summed E-state index contributed by atoms with van der Waals surface area (Å²) in [4.78, 5) is 29.3. The zero-order valence-corrected chi connectivity index (χ0v) is 9.25. The van der Waals surface area contributed by atoms with Gasteiger partial charge in [-0.1, -0.05) is 0 Å². The van der Waals surface area contributed by atoms with E-state index in [0.717, 1.165) is 0 Å². The summed E-state index contributed by atoms with van der Waals surface area (Å²) in [6, 6.07) is 0. The van der Waals surface area contributed by atoms with Gasteiger partial charge in [-0.25, -0.2) is 0 Å². The van der Waals surface area contributed by atoms with Gasteiger partial charge in [-0.05, 0) is 0 Å². The van der Waals surface area contributed by atoms with Crippen molar-refractivity contribution in [2.75, 3.05) is 0 Å². The Morgan fingerprint density at radius 3 is 0.857 bits per heavy atom. The molecule has 0 aliphatic carbocycles. The Hall–Kier alpha value is 1.94. The predicted molar refractivity (Wildman–Crippen MR) is 20.4 cm³/mol. The molecule has 0 atom stereocenters. The first-order chi connectivity index (χ1) is 2.00. The second-order valence-electron chi connectivity index (χ2n) is 0.600. The molecule has 7 heavy (non-hydrogen) atoms. The van der Waals surface area contributed by atoms with E-state index >= 15 is 0 Å². The van der Waals surface area contributed by atoms with Crippen LogP contribution < -0.4 is 0 Å². The molecule has 7 heteroatoms. The maximum Gasteiger partial charge on any atom is 0.668 e. The number of rotatable bonds is 0. The van der Waals surface area contributed by atoms with Crippen LogP contribution in [0, 0.1) is 0 Å². The molecule has 0 aromatic carbocycles. The third-order valence-electron chi connectivity index (χ3n) is 0. The fourth-order valence-electron chi connectivity index (χ4n) is 0. The number of hydrogen-bond donors (Lipinski definition) is 4. The largest absolute Gasteiger partial charge is 0.668 e. The van der Waals surface area contributed by atoms with Crippen molar-refractivity contribution in [1.29, 1.82) is 0 Å². The Kier molecular flexibility index (Phi) is 13.8. The van der Waals surface area contributed by atoms with Crippen LogP contribution >= 0.6 is 0 Å². The third-order valence-corrected chi connectivity index (χ3v) is 0. The molecule has 0 aliphatic heterocycles. The van der Waals surface area contributed by atoms with Gasteiger partial charge >= 0.3 is 9.05 Å². The smallest absolute Gasteiger partial charge is 0.368 e. The van der Waals surface area contributed by atoms with Crippen LogP contribution in [0.4, 0.5) is 0 Å². The SMILES string of the molecule is O[Si](O)(O)O.[Na].[Zr]. The molecule has 0 aromatic heterocycles. The van der Waals surface area contributed by atoms with Crippen molar-refractivity contribution in [2.45, 2.75) is 0 Å². The quantitative estimate of drug-likeness (QED) is 0.321. The van der Waals surface area contributed by atoms with Crippen LogP contribution in [0.3, 0.4) is 0 Å². The molecule has 0 bridgehead atoms. The summed E-state index contributed by atoms with van der Waals surface area (Å²) >= 11 is 0. The monoisotopic (exact) mass is 209 g/mol. The topological polar surface area (TPSA) is 80.9 Å². The molecular formula is H4NaO4SiZr. The molecule has 0 aromatic rings. The molecule has 0 saturated heterocycles. The van der Waals surface area contributed by atoms with Gasteiger partial charge in [0.1, 0.15) is 0 Å². The summed E-state index contributed by atoms with van der Waals surface area (Å²) in [6.07, 6.45) is 0. The maximum absolute atomic E-state index is 7.33. The summed E-state index contributed by atoms with van der Waals surface area (Å²) in [5.41, 5.74) is 0. The summed E-state index contributed by atoms with van der Waals surface area (Å²) in [7, 11) is -4.61. The minimum Gasteiger partial charge on any atom is -0.368 e. The zero-order valence-electron chi connectivity index (χ0n) is 3.79. The van der Waals surface area contributed by atoms with E-state index in [2.05, 4.69) is 0 Å². The molecule has 4 N–H and O–H groups in total. The van der Waals surface area contributed by atoms with Crippen LogP contribution in [0.2, 0.25) is 0 Å². The molecule has 0 spiro atoms. The summed E-state index contributed by atoms with van der Waals surface area (Å²) in [5, 5.41) is 0. The summed E-state index contributed by atoms with van der Waals surface area (Å²) < 4.78 is 0. The molecular weight excluding hydrogens is 206 g/mol. The van der Waals surface area contributed by atoms with Gasteiger partial charge < -0.3 is 19.2 Å². The Bertz CT molecular complexity index is 27.2. The van der Waals surface area contributed by atoms with Gasteiger partial charge in [-0.2, -0.15) is 0 Å². The molecule has 0 unspecified atom stereocenters. The Morgan fingerprint density at radius 2 is 0.857 bits per heavy atom. The zero-order chi connectivity index (χ0) is 4.50. The first-order valence-electron chi connectivity index (χ1n) is 0.894. The van der Waals surface area contributed by atoms with Crippen LogP contribution in [0.1, 0.15) is 0 Å². The second kappa shape index (κ2) is 6.07. The van der Waals surface area contributed by atoms with Gasteiger partial charge in [0.05, 0.1) is 0 Å². The average Bonchev–Trinajstić information content (AvgIpc) is 0.722. The van der Waals surface area contributed by atoms with Crippen molar-refractivity contribution >= 4 is 38.6 Å². The van der Waals surface area contributed by atoms with Crippen molar-refractivity contribution in [3.63, 3.8) is 0 Å². The van der Waals surface area contributed by atoms with E-state index in [4.69, 9.17) is 19.2 Å². The van der Waals surface area contributed by atoms with Gasteiger partial charge in [0.25, 0.3) is 0 Å². The molecule has 37 valence electrons. The molecule has 0 amide bonds. The fourth-order valence-corrected chi connectivity index (χ4v) is 0. The second-order valence-corrected chi connectivity index (χ2v) is 1.80. The molecule has 4 nitrogen and oxygen atoms in total. The first-order valence-corrected chi connectivity index (χ1v) is 2.68. The van der Waals surface area contributed by atoms with Gasteiger partial charge in [0.2, 0.25) is 0 Å². The normalized spacial score (nSPS) is 8.57. The minimum atomic E-state index is -4.61. The van der Waals surface area contributed by atoms with E-state index in [0.29, 0.717) is 0 Å². The average molecular weight is 210 g/mol. The van der Waals surface area contributed by atoms with Crippen molar-refractivity contribution in [1.82, 2.24) is 0 Å². The van der Waals surface area contributed by atoms with Crippen LogP contribution in [0.5, 0.6) is 0 Å². The van der Waals surface area contributed by atoms with Crippen molar-refractivity contribution in [3.05, 3.63) is 0 Å². The Labute approximate surface area is 83.1 Å². The Balaban J connectivity index is -0.0000000800. The predicted octanol–water partition coefficient (Wildman–Crippen LogP) is -2.99. The van der Waals surface area contributed by atoms with E-state index in [1.165, 1.54) is 0 Å². The van der Waals surface area contributed by atoms with E-state index in [1.54, 1.807) is 0 Å². The van der Waals surface area contributed by atoms with E-state index in [1.807, 2.05) is 0 Å². The molecule has 0 fully saturated rings. The van der Waals surface area contributed by atoms with Crippen LogP contribution in [-0.2, 0) is 26.2 Å². The van der Waals surface area contributed by atoms with Crippen molar-refractivity contribution in [3.8, 4) is 0 Å². The van der Waals surface area contributed by atoms with E-state index in [9.17, 15) is 0 Å². The molecule has 0 saturated carbocycles. The Morgan fingerprint density at radius 1 is 0.857 bits per heavy atom. The van der Waals surface area contributed by atoms with Gasteiger partial charge in [-0.15, -0.1) is 0 Å². The molecule has 0 aliphatic rings. The van der Waals surface area contributed by atoms with Gasteiger partial charge in [0.15, 0.2) is 0 Å². The molecule has 0 heterocycles. The molecule has 1 radical (unpaired) electrons. The van der Waals surface area contributed by atoms with Crippen LogP contribution in [0.15, 0.2) is 0 Å². The first kappa shape index (κ1) is 16.0. The number of hydrogen-bond acceptors (Lipinski definition) is 4. The summed E-state index contributed by atoms with van der Waals surface area (Å²) in [5.74, 6) is 0. The summed E-state index contributed by atoms with van der Waals surface area (Å²) in [6.45, 7) is 0. The van der Waals surface area contributed by atoms with Crippen LogP contribution in [0.25, 0.3) is 0 Å². The molecule has 0 rings (SSSR count). The van der Waals surface area contributed by atoms with E-state index in [-0.39, 0.29) is 55.8 Å². The maximum atomic E-state index is 7.33. The van der Waals surface area contributed by atoms with Crippen molar-refractivity contribution < 1.29 is 45.4 Å². The third kappa shape index (κ3) is 74.4. The van der Waals surface area contributed by atoms with Crippen LogP contribution in [-0.4, -0.2) is 57.8 Å². The minimum absolute atomic E-state index is 0. The van der Waals surface area contributed by atoms with Gasteiger partial charge in [-0.3, -0.25) is 0 Å². The fraction of sp³-hybridized carbons (Fsp3) is 0. The van der Waals surface area contributed by atoms with Crippen molar-refractivity contribution in [2.24, 2.45) is 0 Å². The van der Waals surface area contributed by atoms with Gasteiger partial charge in [0, 0.05) is 55.8 Å². The standard InChI is InChI=1S/Na.H4O4Si.Zr/c;1-5(2,3)4;/h;1-4H;.